The molecule has 0 radical (unpaired) electrons. The number of piperidine rings is 1. The molecule has 1 fully saturated rings. The largest absolute Gasteiger partial charge is 0.396 e. The topological polar surface area (TPSA) is 23.5 Å². The number of alkyl halides is 1. The van der Waals surface area contributed by atoms with Crippen LogP contribution in [0.5, 0.6) is 0 Å². The number of hydrogen-bond donors (Lipinski definition) is 1. The van der Waals surface area contributed by atoms with Crippen LogP contribution in [0.25, 0.3) is 0 Å². The predicted octanol–water partition coefficient (Wildman–Crippen LogP) is 0.929. The zero-order valence-electron chi connectivity index (χ0n) is 6.80. The summed E-state index contributed by atoms with van der Waals surface area (Å²) in [6, 6.07) is 0. The van der Waals surface area contributed by atoms with Crippen molar-refractivity contribution >= 4 is 11.6 Å². The highest BCUT2D eigenvalue weighted by molar-refractivity contribution is 6.18. The standard InChI is InChI=1S/C8H16ClNO/c9-3-5-10-4-1-2-8(6-10)7-11/h8,11H,1-7H2/t8-/m0/s1. The first-order valence-corrected chi connectivity index (χ1v) is 4.79. The summed E-state index contributed by atoms with van der Waals surface area (Å²) in [5.41, 5.74) is 0. The Labute approximate surface area is 73.1 Å². The molecular weight excluding hydrogens is 162 g/mol. The van der Waals surface area contributed by atoms with Crippen LogP contribution in [-0.4, -0.2) is 42.1 Å². The van der Waals surface area contributed by atoms with Crippen molar-refractivity contribution in [3.63, 3.8) is 0 Å². The Balaban J connectivity index is 2.21. The van der Waals surface area contributed by atoms with Gasteiger partial charge in [0.15, 0.2) is 0 Å². The van der Waals surface area contributed by atoms with Crippen molar-refractivity contribution < 1.29 is 5.11 Å². The number of aliphatic hydroxyl groups is 1. The molecular formula is C8H16ClNO. The van der Waals surface area contributed by atoms with Crippen LogP contribution in [0.2, 0.25) is 0 Å². The number of halogens is 1. The van der Waals surface area contributed by atoms with Crippen molar-refractivity contribution in [2.24, 2.45) is 5.92 Å². The highest BCUT2D eigenvalue weighted by atomic mass is 35.5. The van der Waals surface area contributed by atoms with Gasteiger partial charge in [-0.25, -0.2) is 0 Å². The molecule has 66 valence electrons. The second-order valence-corrected chi connectivity index (χ2v) is 3.56. The number of likely N-dealkylation sites (tertiary alicyclic amines) is 1. The fraction of sp³-hybridized carbons (Fsp3) is 1.00. The second kappa shape index (κ2) is 4.96. The second-order valence-electron chi connectivity index (χ2n) is 3.18. The van der Waals surface area contributed by atoms with Gasteiger partial charge in [0.25, 0.3) is 0 Å². The maximum Gasteiger partial charge on any atom is 0.0471 e. The van der Waals surface area contributed by atoms with E-state index in [1.165, 1.54) is 12.8 Å². The molecule has 0 amide bonds. The average Bonchev–Trinajstić information content (AvgIpc) is 2.06. The van der Waals surface area contributed by atoms with Crippen LogP contribution in [0.15, 0.2) is 0 Å². The molecule has 0 bridgehead atoms. The smallest absolute Gasteiger partial charge is 0.0471 e. The average molecular weight is 178 g/mol. The fourth-order valence-corrected chi connectivity index (χ4v) is 1.86. The summed E-state index contributed by atoms with van der Waals surface area (Å²) in [4.78, 5) is 2.33. The van der Waals surface area contributed by atoms with Crippen LogP contribution in [0.3, 0.4) is 0 Å². The van der Waals surface area contributed by atoms with E-state index < -0.39 is 0 Å². The normalized spacial score (nSPS) is 27.3. The molecule has 1 atom stereocenters. The molecule has 1 rings (SSSR count). The van der Waals surface area contributed by atoms with Crippen molar-refractivity contribution in [1.29, 1.82) is 0 Å². The van der Waals surface area contributed by atoms with Crippen molar-refractivity contribution in [2.75, 3.05) is 32.1 Å². The van der Waals surface area contributed by atoms with E-state index in [4.69, 9.17) is 16.7 Å². The van der Waals surface area contributed by atoms with Crippen LogP contribution in [-0.2, 0) is 0 Å². The van der Waals surface area contributed by atoms with Gasteiger partial charge >= 0.3 is 0 Å². The Morgan fingerprint density at radius 3 is 3.00 bits per heavy atom. The molecule has 1 N–H and O–H groups in total. The minimum absolute atomic E-state index is 0.332. The highest BCUT2D eigenvalue weighted by Crippen LogP contribution is 2.15. The van der Waals surface area contributed by atoms with Gasteiger partial charge in [-0.2, -0.15) is 0 Å². The molecule has 3 heteroatoms. The number of hydrogen-bond acceptors (Lipinski definition) is 2. The van der Waals surface area contributed by atoms with E-state index >= 15 is 0 Å². The number of aliphatic hydroxyl groups excluding tert-OH is 1. The first kappa shape index (κ1) is 9.30. The quantitative estimate of drug-likeness (QED) is 0.649. The minimum Gasteiger partial charge on any atom is -0.396 e. The molecule has 0 unspecified atom stereocenters. The van der Waals surface area contributed by atoms with Gasteiger partial charge in [0.2, 0.25) is 0 Å². The lowest BCUT2D eigenvalue weighted by Crippen LogP contribution is -2.37. The van der Waals surface area contributed by atoms with Gasteiger partial charge in [0, 0.05) is 25.6 Å². The summed E-state index contributed by atoms with van der Waals surface area (Å²) in [6.07, 6.45) is 2.39. The number of rotatable bonds is 3. The van der Waals surface area contributed by atoms with Gasteiger partial charge in [-0.15, -0.1) is 11.6 Å². The van der Waals surface area contributed by atoms with Crippen LogP contribution in [0.4, 0.5) is 0 Å². The molecule has 1 aliphatic rings. The summed E-state index contributed by atoms with van der Waals surface area (Å²) < 4.78 is 0. The van der Waals surface area contributed by atoms with E-state index in [0.29, 0.717) is 18.4 Å². The van der Waals surface area contributed by atoms with E-state index in [9.17, 15) is 0 Å². The minimum atomic E-state index is 0.332. The lowest BCUT2D eigenvalue weighted by molar-refractivity contribution is 0.125. The van der Waals surface area contributed by atoms with Gasteiger partial charge in [0.05, 0.1) is 0 Å². The van der Waals surface area contributed by atoms with Crippen molar-refractivity contribution in [3.8, 4) is 0 Å². The van der Waals surface area contributed by atoms with E-state index in [2.05, 4.69) is 4.90 Å². The highest BCUT2D eigenvalue weighted by Gasteiger charge is 2.17. The molecule has 1 heterocycles. The Kier molecular flexibility index (Phi) is 4.20. The van der Waals surface area contributed by atoms with E-state index in [1.54, 1.807) is 0 Å². The van der Waals surface area contributed by atoms with Gasteiger partial charge in [-0.1, -0.05) is 0 Å². The Morgan fingerprint density at radius 1 is 1.55 bits per heavy atom. The Bertz CT molecular complexity index is 108. The molecule has 0 spiro atoms. The lowest BCUT2D eigenvalue weighted by Gasteiger charge is -2.30. The summed E-state index contributed by atoms with van der Waals surface area (Å²) in [6.45, 7) is 3.49. The third kappa shape index (κ3) is 2.97. The molecule has 1 aliphatic heterocycles. The van der Waals surface area contributed by atoms with Crippen LogP contribution >= 0.6 is 11.6 Å². The van der Waals surface area contributed by atoms with Crippen LogP contribution in [0.1, 0.15) is 12.8 Å². The number of nitrogens with zero attached hydrogens (tertiary/aromatic N) is 1. The molecule has 0 aliphatic carbocycles. The lowest BCUT2D eigenvalue weighted by atomic mass is 9.99. The van der Waals surface area contributed by atoms with Crippen molar-refractivity contribution in [3.05, 3.63) is 0 Å². The molecule has 0 aromatic rings. The molecule has 11 heavy (non-hydrogen) atoms. The summed E-state index contributed by atoms with van der Waals surface area (Å²) in [7, 11) is 0. The van der Waals surface area contributed by atoms with E-state index in [0.717, 1.165) is 19.6 Å². The van der Waals surface area contributed by atoms with E-state index in [-0.39, 0.29) is 0 Å². The molecule has 0 aromatic heterocycles. The third-order valence-electron chi connectivity index (χ3n) is 2.26. The van der Waals surface area contributed by atoms with Crippen LogP contribution < -0.4 is 0 Å². The van der Waals surface area contributed by atoms with E-state index in [1.807, 2.05) is 0 Å². The zero-order chi connectivity index (χ0) is 8.10. The van der Waals surface area contributed by atoms with Crippen LogP contribution in [0, 0.1) is 5.92 Å². The maximum absolute atomic E-state index is 8.92. The van der Waals surface area contributed by atoms with Gasteiger partial charge in [0.1, 0.15) is 0 Å². The van der Waals surface area contributed by atoms with Gasteiger partial charge in [-0.3, -0.25) is 0 Å². The summed E-state index contributed by atoms with van der Waals surface area (Å²) >= 11 is 5.62. The summed E-state index contributed by atoms with van der Waals surface area (Å²) in [5.74, 6) is 1.20. The van der Waals surface area contributed by atoms with Gasteiger partial charge < -0.3 is 10.0 Å². The van der Waals surface area contributed by atoms with Crippen molar-refractivity contribution in [2.45, 2.75) is 12.8 Å². The third-order valence-corrected chi connectivity index (χ3v) is 2.43. The molecule has 1 saturated heterocycles. The monoisotopic (exact) mass is 177 g/mol. The Hall–Kier alpha value is 0.210. The first-order valence-electron chi connectivity index (χ1n) is 4.26. The zero-order valence-corrected chi connectivity index (χ0v) is 7.56. The molecule has 2 nitrogen and oxygen atoms in total. The first-order chi connectivity index (χ1) is 5.36. The predicted molar refractivity (Wildman–Crippen MR) is 47.0 cm³/mol. The van der Waals surface area contributed by atoms with Crippen molar-refractivity contribution in [1.82, 2.24) is 4.90 Å². The maximum atomic E-state index is 8.92. The summed E-state index contributed by atoms with van der Waals surface area (Å²) in [5, 5.41) is 8.92. The molecule has 0 saturated carbocycles. The fourth-order valence-electron chi connectivity index (χ4n) is 1.62. The SMILES string of the molecule is OC[C@H]1CCCN(CCCl)C1. The van der Waals surface area contributed by atoms with Gasteiger partial charge in [-0.05, 0) is 25.3 Å². The Morgan fingerprint density at radius 2 is 2.36 bits per heavy atom. The molecule has 0 aromatic carbocycles.